The zero-order valence-electron chi connectivity index (χ0n) is 6.24. The Morgan fingerprint density at radius 3 is 2.58 bits per heavy atom. The number of carboxylic acid groups (broad SMARTS) is 1. The number of furan rings is 1. The van der Waals surface area contributed by atoms with Crippen LogP contribution in [0, 0.1) is 0 Å². The van der Waals surface area contributed by atoms with Crippen LogP contribution in [0.5, 0.6) is 0 Å². The molecular weight excluding hydrogens is 228 g/mol. The van der Waals surface area contributed by atoms with Gasteiger partial charge >= 0.3 is 5.97 Å². The fourth-order valence-corrected chi connectivity index (χ4v) is 0.988. The number of hydrogen-bond acceptors (Lipinski definition) is 3. The van der Waals surface area contributed by atoms with Crippen LogP contribution < -0.4 is 0 Å². The predicted octanol–water partition coefficient (Wildman–Crippen LogP) is 1.33. The zero-order chi connectivity index (χ0) is 9.35. The van der Waals surface area contributed by atoms with E-state index in [1.165, 1.54) is 12.1 Å². The number of carbonyl (C=O) groups is 1. The maximum atomic E-state index is 10.5. The molecule has 0 bridgehead atoms. The highest BCUT2D eigenvalue weighted by Gasteiger charge is 2.35. The third-order valence-electron chi connectivity index (χ3n) is 1.47. The van der Waals surface area contributed by atoms with Crippen molar-refractivity contribution in [3.8, 4) is 0 Å². The fourth-order valence-electron chi connectivity index (χ4n) is 0.681. The number of hydrogen-bond donors (Lipinski definition) is 2. The van der Waals surface area contributed by atoms with E-state index in [0.717, 1.165) is 6.92 Å². The molecule has 0 radical (unpaired) electrons. The maximum Gasteiger partial charge on any atom is 0.343 e. The van der Waals surface area contributed by atoms with Gasteiger partial charge in [-0.1, -0.05) is 0 Å². The summed E-state index contributed by atoms with van der Waals surface area (Å²) < 4.78 is 5.28. The Hall–Kier alpha value is -0.810. The molecule has 0 saturated carbocycles. The molecule has 0 aliphatic rings. The summed E-state index contributed by atoms with van der Waals surface area (Å²) in [6, 6.07) is 2.92. The average Bonchev–Trinajstić information content (AvgIpc) is 2.35. The smallest absolute Gasteiger partial charge is 0.343 e. The average molecular weight is 235 g/mol. The number of aliphatic hydroxyl groups is 1. The first kappa shape index (κ1) is 9.28. The van der Waals surface area contributed by atoms with E-state index in [1.807, 2.05) is 0 Å². The van der Waals surface area contributed by atoms with Crippen molar-refractivity contribution >= 4 is 21.9 Å². The summed E-state index contributed by atoms with van der Waals surface area (Å²) in [6.07, 6.45) is 0. The summed E-state index contributed by atoms with van der Waals surface area (Å²) in [6.45, 7) is 1.15. The molecule has 0 saturated heterocycles. The molecule has 0 spiro atoms. The van der Waals surface area contributed by atoms with E-state index in [0.29, 0.717) is 4.67 Å². The molecule has 2 N–H and O–H groups in total. The normalized spacial score (nSPS) is 15.6. The lowest BCUT2D eigenvalue weighted by molar-refractivity contribution is -0.159. The summed E-state index contributed by atoms with van der Waals surface area (Å²) >= 11 is 3.00. The standard InChI is InChI=1S/C7H7BrO4/c1-7(11,6(9)10)4-2-3-5(8)12-4/h2-3,11H,1H3,(H,9,10). The topological polar surface area (TPSA) is 70.7 Å². The lowest BCUT2D eigenvalue weighted by Crippen LogP contribution is -2.31. The van der Waals surface area contributed by atoms with Crippen molar-refractivity contribution in [2.75, 3.05) is 0 Å². The first-order valence-corrected chi connectivity index (χ1v) is 3.95. The summed E-state index contributed by atoms with van der Waals surface area (Å²) in [7, 11) is 0. The predicted molar refractivity (Wildman–Crippen MR) is 43.6 cm³/mol. The van der Waals surface area contributed by atoms with Gasteiger partial charge in [0.1, 0.15) is 5.76 Å². The molecule has 0 amide bonds. The third kappa shape index (κ3) is 1.51. The summed E-state index contributed by atoms with van der Waals surface area (Å²) in [5, 5.41) is 17.9. The zero-order valence-corrected chi connectivity index (χ0v) is 7.83. The van der Waals surface area contributed by atoms with Gasteiger partial charge < -0.3 is 14.6 Å². The molecule has 12 heavy (non-hydrogen) atoms. The Kier molecular flexibility index (Phi) is 2.25. The van der Waals surface area contributed by atoms with Crippen LogP contribution in [-0.2, 0) is 10.4 Å². The van der Waals surface area contributed by atoms with Crippen molar-refractivity contribution in [1.82, 2.24) is 0 Å². The Balaban J connectivity index is 3.05. The largest absolute Gasteiger partial charge is 0.479 e. The summed E-state index contributed by atoms with van der Waals surface area (Å²) in [4.78, 5) is 10.5. The monoisotopic (exact) mass is 234 g/mol. The fraction of sp³-hybridized carbons (Fsp3) is 0.286. The highest BCUT2D eigenvalue weighted by molar-refractivity contribution is 9.10. The Labute approximate surface area is 76.9 Å². The van der Waals surface area contributed by atoms with E-state index in [2.05, 4.69) is 15.9 Å². The van der Waals surface area contributed by atoms with Crippen molar-refractivity contribution < 1.29 is 19.4 Å². The minimum absolute atomic E-state index is 0.00174. The highest BCUT2D eigenvalue weighted by atomic mass is 79.9. The highest BCUT2D eigenvalue weighted by Crippen LogP contribution is 2.25. The summed E-state index contributed by atoms with van der Waals surface area (Å²) in [5.41, 5.74) is -1.97. The van der Waals surface area contributed by atoms with Crippen LogP contribution in [0.4, 0.5) is 0 Å². The van der Waals surface area contributed by atoms with Crippen LogP contribution >= 0.6 is 15.9 Å². The third-order valence-corrected chi connectivity index (χ3v) is 1.90. The van der Waals surface area contributed by atoms with Crippen LogP contribution in [0.15, 0.2) is 21.2 Å². The first-order chi connectivity index (χ1) is 5.44. The second kappa shape index (κ2) is 2.91. The SMILES string of the molecule is CC(O)(C(=O)O)c1ccc(Br)o1. The Morgan fingerprint density at radius 2 is 2.25 bits per heavy atom. The van der Waals surface area contributed by atoms with E-state index in [9.17, 15) is 9.90 Å². The van der Waals surface area contributed by atoms with E-state index in [-0.39, 0.29) is 5.76 Å². The van der Waals surface area contributed by atoms with Crippen LogP contribution in [-0.4, -0.2) is 16.2 Å². The molecular formula is C7H7BrO4. The van der Waals surface area contributed by atoms with Crippen molar-refractivity contribution in [2.24, 2.45) is 0 Å². The van der Waals surface area contributed by atoms with Gasteiger partial charge in [-0.2, -0.15) is 0 Å². The van der Waals surface area contributed by atoms with E-state index < -0.39 is 11.6 Å². The molecule has 1 atom stereocenters. The van der Waals surface area contributed by atoms with Gasteiger partial charge in [0, 0.05) is 0 Å². The molecule has 0 aliphatic carbocycles. The maximum absolute atomic E-state index is 10.5. The van der Waals surface area contributed by atoms with Crippen LogP contribution in [0.1, 0.15) is 12.7 Å². The van der Waals surface area contributed by atoms with E-state index in [1.54, 1.807) is 0 Å². The van der Waals surface area contributed by atoms with Crippen molar-refractivity contribution in [2.45, 2.75) is 12.5 Å². The van der Waals surface area contributed by atoms with Gasteiger partial charge in [0.2, 0.25) is 5.60 Å². The quantitative estimate of drug-likeness (QED) is 0.811. The van der Waals surface area contributed by atoms with Gasteiger partial charge in [-0.3, -0.25) is 0 Å². The molecule has 4 nitrogen and oxygen atoms in total. The lowest BCUT2D eigenvalue weighted by atomic mass is 10.1. The minimum Gasteiger partial charge on any atom is -0.479 e. The number of rotatable bonds is 2. The van der Waals surface area contributed by atoms with E-state index in [4.69, 9.17) is 9.52 Å². The van der Waals surface area contributed by atoms with Gasteiger partial charge in [-0.15, -0.1) is 0 Å². The van der Waals surface area contributed by atoms with Gasteiger partial charge in [-0.25, -0.2) is 4.79 Å². The van der Waals surface area contributed by atoms with Crippen molar-refractivity contribution in [3.63, 3.8) is 0 Å². The number of aliphatic carboxylic acids is 1. The van der Waals surface area contributed by atoms with E-state index >= 15 is 0 Å². The van der Waals surface area contributed by atoms with Gasteiger partial charge in [0.15, 0.2) is 4.67 Å². The van der Waals surface area contributed by atoms with Crippen LogP contribution in [0.25, 0.3) is 0 Å². The molecule has 1 aromatic rings. The molecule has 66 valence electrons. The molecule has 1 rings (SSSR count). The second-order valence-corrected chi connectivity index (χ2v) is 3.26. The molecule has 5 heteroatoms. The number of halogens is 1. The molecule has 0 aliphatic heterocycles. The van der Waals surface area contributed by atoms with Gasteiger partial charge in [0.05, 0.1) is 0 Å². The second-order valence-electron chi connectivity index (χ2n) is 2.48. The first-order valence-electron chi connectivity index (χ1n) is 3.16. The number of carboxylic acids is 1. The minimum atomic E-state index is -1.97. The van der Waals surface area contributed by atoms with Crippen molar-refractivity contribution in [3.05, 3.63) is 22.6 Å². The summed E-state index contributed by atoms with van der Waals surface area (Å²) in [5.74, 6) is -1.34. The van der Waals surface area contributed by atoms with Crippen molar-refractivity contribution in [1.29, 1.82) is 0 Å². The molecule has 1 unspecified atom stereocenters. The molecule has 1 heterocycles. The molecule has 1 aromatic heterocycles. The molecule has 0 aromatic carbocycles. The lowest BCUT2D eigenvalue weighted by Gasteiger charge is -2.13. The molecule has 0 fully saturated rings. The van der Waals surface area contributed by atoms with Gasteiger partial charge in [0.25, 0.3) is 0 Å². The van der Waals surface area contributed by atoms with Crippen LogP contribution in [0.2, 0.25) is 0 Å². The Morgan fingerprint density at radius 1 is 1.67 bits per heavy atom. The Bertz CT molecular complexity index is 302. The van der Waals surface area contributed by atoms with Gasteiger partial charge in [-0.05, 0) is 35.0 Å². The van der Waals surface area contributed by atoms with Crippen LogP contribution in [0.3, 0.4) is 0 Å².